The number of nitrogens with zero attached hydrogens (tertiary/aromatic N) is 2. The van der Waals surface area contributed by atoms with Crippen molar-refractivity contribution < 1.29 is 14.4 Å². The quantitative estimate of drug-likeness (QED) is 0.447. The summed E-state index contributed by atoms with van der Waals surface area (Å²) in [5.74, 6) is -0.580. The van der Waals surface area contributed by atoms with E-state index in [9.17, 15) is 14.4 Å². The molecule has 2 atom stereocenters. The van der Waals surface area contributed by atoms with Crippen LogP contribution in [0.4, 0.5) is 0 Å². The van der Waals surface area contributed by atoms with E-state index in [1.807, 2.05) is 87.8 Å². The Hall–Kier alpha value is -3.52. The summed E-state index contributed by atoms with van der Waals surface area (Å²) in [6.07, 6.45) is 1.56. The van der Waals surface area contributed by atoms with Crippen molar-refractivity contribution in [3.63, 3.8) is 0 Å². The molecule has 1 aliphatic heterocycles. The fourth-order valence-corrected chi connectivity index (χ4v) is 5.58. The largest absolute Gasteiger partial charge is 0.350 e. The van der Waals surface area contributed by atoms with E-state index in [4.69, 9.17) is 0 Å². The molecule has 1 saturated heterocycles. The first-order valence-corrected chi connectivity index (χ1v) is 13.9. The zero-order valence-corrected chi connectivity index (χ0v) is 23.3. The lowest BCUT2D eigenvalue weighted by Crippen LogP contribution is -2.57. The fourth-order valence-electron chi connectivity index (χ4n) is 4.77. The highest BCUT2D eigenvalue weighted by Crippen LogP contribution is 2.28. The highest BCUT2D eigenvalue weighted by atomic mass is 32.1. The third-order valence-corrected chi connectivity index (χ3v) is 7.87. The summed E-state index contributed by atoms with van der Waals surface area (Å²) >= 11 is 1.61. The number of hydrogen-bond acceptors (Lipinski definition) is 5. The maximum absolute atomic E-state index is 13.7. The van der Waals surface area contributed by atoms with Crippen molar-refractivity contribution in [2.45, 2.75) is 65.6 Å². The van der Waals surface area contributed by atoms with E-state index in [-0.39, 0.29) is 24.1 Å². The van der Waals surface area contributed by atoms with Gasteiger partial charge in [-0.3, -0.25) is 14.4 Å². The minimum atomic E-state index is -0.727. The molecule has 200 valence electrons. The molecule has 8 heteroatoms. The van der Waals surface area contributed by atoms with E-state index in [1.165, 1.54) is 0 Å². The third kappa shape index (κ3) is 6.67. The monoisotopic (exact) mass is 532 g/mol. The molecule has 0 radical (unpaired) electrons. The number of thiazole rings is 1. The average Bonchev–Trinajstić information content (AvgIpc) is 3.55. The van der Waals surface area contributed by atoms with Crippen LogP contribution in [-0.2, 0) is 27.3 Å². The van der Waals surface area contributed by atoms with Gasteiger partial charge in [-0.1, -0.05) is 75.4 Å². The zero-order valence-electron chi connectivity index (χ0n) is 22.5. The van der Waals surface area contributed by atoms with Gasteiger partial charge in [0.25, 0.3) is 0 Å². The van der Waals surface area contributed by atoms with Crippen molar-refractivity contribution in [2.75, 3.05) is 6.54 Å². The highest BCUT2D eigenvalue weighted by Gasteiger charge is 2.41. The molecule has 1 aromatic heterocycles. The van der Waals surface area contributed by atoms with Crippen molar-refractivity contribution in [3.8, 4) is 10.4 Å². The van der Waals surface area contributed by atoms with Crippen molar-refractivity contribution in [1.82, 2.24) is 20.5 Å². The number of amides is 3. The second-order valence-electron chi connectivity index (χ2n) is 10.9. The van der Waals surface area contributed by atoms with Crippen LogP contribution in [0.1, 0.15) is 50.4 Å². The van der Waals surface area contributed by atoms with Crippen LogP contribution in [0.2, 0.25) is 0 Å². The number of benzene rings is 2. The number of hydrogen-bond donors (Lipinski definition) is 2. The molecular weight excluding hydrogens is 496 g/mol. The van der Waals surface area contributed by atoms with Crippen LogP contribution in [0.3, 0.4) is 0 Å². The highest BCUT2D eigenvalue weighted by molar-refractivity contribution is 7.13. The Kier molecular flexibility index (Phi) is 8.62. The van der Waals surface area contributed by atoms with Crippen molar-refractivity contribution in [1.29, 1.82) is 0 Å². The van der Waals surface area contributed by atoms with Gasteiger partial charge in [-0.05, 0) is 41.9 Å². The lowest BCUT2D eigenvalue weighted by Gasteiger charge is -2.35. The molecule has 1 fully saturated rings. The molecule has 2 heterocycles. The zero-order chi connectivity index (χ0) is 27.3. The van der Waals surface area contributed by atoms with E-state index in [0.717, 1.165) is 33.7 Å². The minimum absolute atomic E-state index is 0.165. The molecular formula is C30H36N4O3S. The first kappa shape index (κ1) is 27.5. The summed E-state index contributed by atoms with van der Waals surface area (Å²) in [5, 5.41) is 5.97. The van der Waals surface area contributed by atoms with Gasteiger partial charge in [0.15, 0.2) is 0 Å². The Morgan fingerprint density at radius 2 is 1.76 bits per heavy atom. The van der Waals surface area contributed by atoms with Gasteiger partial charge in [-0.2, -0.15) is 0 Å². The molecule has 3 amide bonds. The number of nitrogens with one attached hydrogen (secondary N) is 2. The molecule has 0 bridgehead atoms. The first-order chi connectivity index (χ1) is 18.1. The lowest BCUT2D eigenvalue weighted by molar-refractivity contribution is -0.143. The molecule has 2 N–H and O–H groups in total. The van der Waals surface area contributed by atoms with Crippen LogP contribution in [0.15, 0.2) is 60.1 Å². The Bertz CT molecular complexity index is 1260. The number of carbonyl (C=O) groups is 3. The van der Waals surface area contributed by atoms with Crippen molar-refractivity contribution in [3.05, 3.63) is 76.9 Å². The molecule has 7 nitrogen and oxygen atoms in total. The Labute approximate surface area is 228 Å². The summed E-state index contributed by atoms with van der Waals surface area (Å²) in [4.78, 5) is 46.8. The van der Waals surface area contributed by atoms with E-state index in [2.05, 4.69) is 15.6 Å². The topological polar surface area (TPSA) is 91.4 Å². The normalized spacial score (nSPS) is 16.2. The number of aromatic nitrogens is 1. The summed E-state index contributed by atoms with van der Waals surface area (Å²) in [6.45, 7) is 8.67. The number of rotatable bonds is 8. The Balaban J connectivity index is 1.38. The van der Waals surface area contributed by atoms with Gasteiger partial charge < -0.3 is 15.5 Å². The number of carbonyl (C=O) groups excluding carboxylic acids is 3. The maximum Gasteiger partial charge on any atom is 0.246 e. The van der Waals surface area contributed by atoms with Gasteiger partial charge in [0.2, 0.25) is 17.7 Å². The average molecular weight is 533 g/mol. The molecule has 4 rings (SSSR count). The van der Waals surface area contributed by atoms with Crippen LogP contribution in [0.25, 0.3) is 10.4 Å². The second-order valence-corrected chi connectivity index (χ2v) is 11.8. The molecule has 0 aliphatic carbocycles. The van der Waals surface area contributed by atoms with Crippen LogP contribution in [0.5, 0.6) is 0 Å². The van der Waals surface area contributed by atoms with Gasteiger partial charge in [-0.25, -0.2) is 4.98 Å². The molecule has 0 spiro atoms. The van der Waals surface area contributed by atoms with E-state index >= 15 is 0 Å². The van der Waals surface area contributed by atoms with E-state index in [0.29, 0.717) is 19.5 Å². The molecule has 1 aliphatic rings. The van der Waals surface area contributed by atoms with Crippen LogP contribution in [0, 0.1) is 12.3 Å². The first-order valence-electron chi connectivity index (χ1n) is 13.0. The second kappa shape index (κ2) is 11.9. The van der Waals surface area contributed by atoms with Crippen molar-refractivity contribution in [2.24, 2.45) is 5.41 Å². The Morgan fingerprint density at radius 1 is 1.05 bits per heavy atom. The lowest BCUT2D eigenvalue weighted by atomic mass is 9.85. The van der Waals surface area contributed by atoms with Crippen LogP contribution < -0.4 is 10.6 Å². The predicted octanol–water partition coefficient (Wildman–Crippen LogP) is 4.50. The van der Waals surface area contributed by atoms with Gasteiger partial charge in [0.05, 0.1) is 22.5 Å². The molecule has 2 aromatic carbocycles. The van der Waals surface area contributed by atoms with Crippen molar-refractivity contribution >= 4 is 29.1 Å². The molecule has 2 unspecified atom stereocenters. The maximum atomic E-state index is 13.7. The van der Waals surface area contributed by atoms with E-state index in [1.54, 1.807) is 16.2 Å². The van der Waals surface area contributed by atoms with Gasteiger partial charge in [0, 0.05) is 13.1 Å². The Morgan fingerprint density at radius 3 is 2.39 bits per heavy atom. The fraction of sp³-hybridized carbons (Fsp3) is 0.400. The summed E-state index contributed by atoms with van der Waals surface area (Å²) < 4.78 is 0. The molecule has 3 aromatic rings. The smallest absolute Gasteiger partial charge is 0.246 e. The standard InChI is InChI=1S/C30H36N4O3S/c1-20-26(38-19-32-20)23-14-12-22(13-15-23)18-31-28(36)24-11-8-16-34(24)29(37)27(30(2,3)4)33-25(35)17-21-9-6-5-7-10-21/h5-7,9-10,12-15,19,24,27H,8,11,16-18H2,1-4H3,(H,31,36)(H,33,35). The summed E-state index contributed by atoms with van der Waals surface area (Å²) in [6, 6.07) is 16.3. The predicted molar refractivity (Wildman–Crippen MR) is 150 cm³/mol. The van der Waals surface area contributed by atoms with Crippen LogP contribution in [-0.4, -0.2) is 46.2 Å². The minimum Gasteiger partial charge on any atom is -0.350 e. The number of aryl methyl sites for hydroxylation is 1. The number of likely N-dealkylation sites (tertiary alicyclic amines) is 1. The van der Waals surface area contributed by atoms with Gasteiger partial charge in [0.1, 0.15) is 12.1 Å². The third-order valence-electron chi connectivity index (χ3n) is 6.89. The van der Waals surface area contributed by atoms with Crippen LogP contribution >= 0.6 is 11.3 Å². The molecule has 0 saturated carbocycles. The SMILES string of the molecule is Cc1ncsc1-c1ccc(CNC(=O)C2CCCN2C(=O)C(NC(=O)Cc2ccccc2)C(C)(C)C)cc1. The molecule has 38 heavy (non-hydrogen) atoms. The van der Waals surface area contributed by atoms with Gasteiger partial charge in [-0.15, -0.1) is 11.3 Å². The summed E-state index contributed by atoms with van der Waals surface area (Å²) in [7, 11) is 0. The summed E-state index contributed by atoms with van der Waals surface area (Å²) in [5.41, 5.74) is 5.32. The van der Waals surface area contributed by atoms with Gasteiger partial charge >= 0.3 is 0 Å². The van der Waals surface area contributed by atoms with E-state index < -0.39 is 17.5 Å².